The van der Waals surface area contributed by atoms with Crippen LogP contribution in [0.2, 0.25) is 0 Å². The number of rotatable bonds is 4. The van der Waals surface area contributed by atoms with E-state index in [0.717, 1.165) is 0 Å². The van der Waals surface area contributed by atoms with E-state index in [9.17, 15) is 14.0 Å². The number of benzene rings is 1. The minimum atomic E-state index is -1.03. The second-order valence-electron chi connectivity index (χ2n) is 5.03. The van der Waals surface area contributed by atoms with Gasteiger partial charge in [-0.15, -0.1) is 0 Å². The number of hydrogen-bond acceptors (Lipinski definition) is 3. The topological polar surface area (TPSA) is 83.6 Å². The first-order valence-corrected chi connectivity index (χ1v) is 6.49. The molecule has 1 saturated heterocycles. The van der Waals surface area contributed by atoms with Gasteiger partial charge >= 0.3 is 5.97 Å². The van der Waals surface area contributed by atoms with Crippen molar-refractivity contribution in [3.8, 4) is 0 Å². The van der Waals surface area contributed by atoms with E-state index in [0.29, 0.717) is 12.0 Å². The summed E-state index contributed by atoms with van der Waals surface area (Å²) in [5.41, 5.74) is 6.43. The van der Waals surface area contributed by atoms with Crippen LogP contribution in [0.1, 0.15) is 18.4 Å². The van der Waals surface area contributed by atoms with Crippen LogP contribution in [0.4, 0.5) is 4.39 Å². The zero-order chi connectivity index (χ0) is 14.7. The molecule has 5 nitrogen and oxygen atoms in total. The van der Waals surface area contributed by atoms with E-state index in [1.165, 1.54) is 17.0 Å². The molecule has 6 heteroatoms. The number of nitrogens with zero attached hydrogens (tertiary/aromatic N) is 1. The summed E-state index contributed by atoms with van der Waals surface area (Å²) < 4.78 is 13.0. The van der Waals surface area contributed by atoms with Crippen LogP contribution in [0.25, 0.3) is 0 Å². The summed E-state index contributed by atoms with van der Waals surface area (Å²) in [4.78, 5) is 24.5. The Morgan fingerprint density at radius 3 is 2.85 bits per heavy atom. The van der Waals surface area contributed by atoms with Gasteiger partial charge in [0.1, 0.15) is 11.9 Å². The van der Waals surface area contributed by atoms with Gasteiger partial charge in [-0.05, 0) is 30.5 Å². The third-order valence-corrected chi connectivity index (χ3v) is 3.46. The summed E-state index contributed by atoms with van der Waals surface area (Å²) in [6.45, 7) is 0.263. The lowest BCUT2D eigenvalue weighted by atomic mass is 10.1. The molecule has 1 amide bonds. The highest BCUT2D eigenvalue weighted by Gasteiger charge is 2.37. The van der Waals surface area contributed by atoms with Gasteiger partial charge in [-0.1, -0.05) is 12.1 Å². The number of halogens is 1. The molecule has 0 aliphatic carbocycles. The van der Waals surface area contributed by atoms with Crippen molar-refractivity contribution >= 4 is 11.9 Å². The Morgan fingerprint density at radius 1 is 1.45 bits per heavy atom. The van der Waals surface area contributed by atoms with Crippen molar-refractivity contribution in [1.29, 1.82) is 0 Å². The largest absolute Gasteiger partial charge is 0.480 e. The molecule has 1 aromatic carbocycles. The Hall–Kier alpha value is -1.95. The summed E-state index contributed by atoms with van der Waals surface area (Å²) >= 11 is 0. The quantitative estimate of drug-likeness (QED) is 0.853. The predicted molar refractivity (Wildman–Crippen MR) is 70.5 cm³/mol. The molecule has 1 fully saturated rings. The average molecular weight is 280 g/mol. The Morgan fingerprint density at radius 2 is 2.20 bits per heavy atom. The van der Waals surface area contributed by atoms with Crippen LogP contribution < -0.4 is 5.73 Å². The van der Waals surface area contributed by atoms with E-state index in [1.807, 2.05) is 0 Å². The minimum absolute atomic E-state index is 0.153. The number of carbonyl (C=O) groups is 2. The molecule has 0 spiro atoms. The van der Waals surface area contributed by atoms with Crippen molar-refractivity contribution in [2.24, 2.45) is 5.73 Å². The number of carboxylic acid groups (broad SMARTS) is 1. The lowest BCUT2D eigenvalue weighted by Crippen LogP contribution is -2.40. The molecule has 0 unspecified atom stereocenters. The molecule has 0 saturated carbocycles. The van der Waals surface area contributed by atoms with Gasteiger partial charge < -0.3 is 15.7 Å². The smallest absolute Gasteiger partial charge is 0.326 e. The maximum absolute atomic E-state index is 13.0. The van der Waals surface area contributed by atoms with Crippen molar-refractivity contribution in [3.05, 3.63) is 35.6 Å². The van der Waals surface area contributed by atoms with Crippen LogP contribution in [-0.4, -0.2) is 40.5 Å². The van der Waals surface area contributed by atoms with Crippen LogP contribution in [0, 0.1) is 5.82 Å². The molecule has 0 aromatic heterocycles. The first-order valence-electron chi connectivity index (χ1n) is 6.49. The molecule has 2 rings (SSSR count). The fourth-order valence-electron chi connectivity index (χ4n) is 2.47. The van der Waals surface area contributed by atoms with E-state index >= 15 is 0 Å². The fourth-order valence-corrected chi connectivity index (χ4v) is 2.47. The molecule has 2 atom stereocenters. The second kappa shape index (κ2) is 6.00. The molecule has 1 aromatic rings. The lowest BCUT2D eigenvalue weighted by Gasteiger charge is -2.21. The Balaban J connectivity index is 1.96. The zero-order valence-corrected chi connectivity index (χ0v) is 11.0. The van der Waals surface area contributed by atoms with E-state index in [-0.39, 0.29) is 37.2 Å². The van der Waals surface area contributed by atoms with Crippen LogP contribution in [0.15, 0.2) is 24.3 Å². The van der Waals surface area contributed by atoms with Crippen molar-refractivity contribution < 1.29 is 19.1 Å². The van der Waals surface area contributed by atoms with Crippen LogP contribution in [0.3, 0.4) is 0 Å². The molecule has 20 heavy (non-hydrogen) atoms. The van der Waals surface area contributed by atoms with Gasteiger partial charge in [-0.3, -0.25) is 4.79 Å². The second-order valence-corrected chi connectivity index (χ2v) is 5.03. The normalized spacial score (nSPS) is 22.0. The van der Waals surface area contributed by atoms with Crippen molar-refractivity contribution in [2.75, 3.05) is 6.54 Å². The van der Waals surface area contributed by atoms with E-state index in [1.54, 1.807) is 12.1 Å². The Bertz CT molecular complexity index is 521. The number of nitrogens with two attached hydrogens (primary N) is 1. The highest BCUT2D eigenvalue weighted by Crippen LogP contribution is 2.18. The van der Waals surface area contributed by atoms with Gasteiger partial charge in [0.05, 0.1) is 0 Å². The van der Waals surface area contributed by atoms with Crippen LogP contribution >= 0.6 is 0 Å². The maximum Gasteiger partial charge on any atom is 0.326 e. The lowest BCUT2D eigenvalue weighted by molar-refractivity contribution is -0.148. The molecule has 0 radical (unpaired) electrons. The van der Waals surface area contributed by atoms with Gasteiger partial charge in [-0.25, -0.2) is 9.18 Å². The van der Waals surface area contributed by atoms with Gasteiger partial charge in [0, 0.05) is 19.0 Å². The summed E-state index contributed by atoms with van der Waals surface area (Å²) in [5.74, 6) is -1.63. The van der Waals surface area contributed by atoms with E-state index < -0.39 is 12.0 Å². The summed E-state index contributed by atoms with van der Waals surface area (Å²) in [7, 11) is 0. The molecule has 108 valence electrons. The standard InChI is InChI=1S/C14H17FN2O3/c15-10-3-1-2-9(6-10)4-5-13(18)17-8-11(16)7-12(17)14(19)20/h1-3,6,11-12H,4-5,7-8,16H2,(H,19,20)/t11-,12-/m0/s1. The van der Waals surface area contributed by atoms with E-state index in [4.69, 9.17) is 10.8 Å². The molecular formula is C14H17FN2O3. The summed E-state index contributed by atoms with van der Waals surface area (Å²) in [5, 5.41) is 9.07. The number of hydrogen-bond donors (Lipinski definition) is 2. The molecule has 3 N–H and O–H groups in total. The number of likely N-dealkylation sites (tertiary alicyclic amines) is 1. The third-order valence-electron chi connectivity index (χ3n) is 3.46. The van der Waals surface area contributed by atoms with Gasteiger partial charge in [0.25, 0.3) is 0 Å². The van der Waals surface area contributed by atoms with Gasteiger partial charge in [0.15, 0.2) is 0 Å². The fraction of sp³-hybridized carbons (Fsp3) is 0.429. The molecule has 1 heterocycles. The minimum Gasteiger partial charge on any atom is -0.480 e. The van der Waals surface area contributed by atoms with Crippen molar-refractivity contribution in [2.45, 2.75) is 31.3 Å². The SMILES string of the molecule is N[C@H]1C[C@@H](C(=O)O)N(C(=O)CCc2cccc(F)c2)C1. The summed E-state index contributed by atoms with van der Waals surface area (Å²) in [6.07, 6.45) is 0.815. The number of carbonyl (C=O) groups excluding carboxylic acids is 1. The van der Waals surface area contributed by atoms with Gasteiger partial charge in [-0.2, -0.15) is 0 Å². The predicted octanol–water partition coefficient (Wildman–Crippen LogP) is 0.771. The third kappa shape index (κ3) is 3.33. The monoisotopic (exact) mass is 280 g/mol. The highest BCUT2D eigenvalue weighted by molar-refractivity contribution is 5.84. The number of amides is 1. The van der Waals surface area contributed by atoms with E-state index in [2.05, 4.69) is 0 Å². The summed E-state index contributed by atoms with van der Waals surface area (Å²) in [6, 6.07) is 4.89. The highest BCUT2D eigenvalue weighted by atomic mass is 19.1. The molecule has 0 bridgehead atoms. The number of aliphatic carboxylic acids is 1. The van der Waals surface area contributed by atoms with Crippen LogP contribution in [-0.2, 0) is 16.0 Å². The Kier molecular flexibility index (Phi) is 4.34. The molecule has 1 aliphatic heterocycles. The average Bonchev–Trinajstić information content (AvgIpc) is 2.78. The van der Waals surface area contributed by atoms with Gasteiger partial charge in [0.2, 0.25) is 5.91 Å². The van der Waals surface area contributed by atoms with Crippen LogP contribution in [0.5, 0.6) is 0 Å². The maximum atomic E-state index is 13.0. The first kappa shape index (κ1) is 14.5. The molecule has 1 aliphatic rings. The van der Waals surface area contributed by atoms with Crippen molar-refractivity contribution in [1.82, 2.24) is 4.90 Å². The number of aryl methyl sites for hydroxylation is 1. The first-order chi connectivity index (χ1) is 9.47. The molecular weight excluding hydrogens is 263 g/mol. The Labute approximate surface area is 116 Å². The number of carboxylic acids is 1. The zero-order valence-electron chi connectivity index (χ0n) is 11.0. The van der Waals surface area contributed by atoms with Crippen molar-refractivity contribution in [3.63, 3.8) is 0 Å².